The van der Waals surface area contributed by atoms with Crippen molar-refractivity contribution in [2.45, 2.75) is 27.1 Å². The molecule has 1 aromatic carbocycles. The molecule has 0 saturated carbocycles. The molecule has 0 aliphatic heterocycles. The molecule has 5 heteroatoms. The van der Waals surface area contributed by atoms with Crippen LogP contribution in [-0.2, 0) is 19.1 Å². The van der Waals surface area contributed by atoms with Crippen LogP contribution in [0, 0.1) is 0 Å². The van der Waals surface area contributed by atoms with Crippen molar-refractivity contribution in [3.8, 4) is 0 Å². The van der Waals surface area contributed by atoms with E-state index in [-0.39, 0.29) is 0 Å². The molecule has 0 aliphatic rings. The highest BCUT2D eigenvalue weighted by atomic mass is 79.9. The molecule has 0 bridgehead atoms. The molecule has 0 amide bonds. The summed E-state index contributed by atoms with van der Waals surface area (Å²) in [7, 11) is 0. The van der Waals surface area contributed by atoms with Gasteiger partial charge in [-0.3, -0.25) is 9.59 Å². The van der Waals surface area contributed by atoms with E-state index in [0.29, 0.717) is 5.57 Å². The van der Waals surface area contributed by atoms with E-state index >= 15 is 0 Å². The third-order valence-corrected chi connectivity index (χ3v) is 2.71. The molecule has 0 unspecified atom stereocenters. The van der Waals surface area contributed by atoms with Gasteiger partial charge in [0.25, 0.3) is 6.29 Å². The molecule has 19 heavy (non-hydrogen) atoms. The van der Waals surface area contributed by atoms with Crippen LogP contribution in [0.25, 0.3) is 6.08 Å². The lowest BCUT2D eigenvalue weighted by Crippen LogP contribution is -2.23. The van der Waals surface area contributed by atoms with E-state index in [2.05, 4.69) is 15.9 Å². The van der Waals surface area contributed by atoms with Crippen molar-refractivity contribution in [2.75, 3.05) is 0 Å². The van der Waals surface area contributed by atoms with E-state index in [4.69, 9.17) is 9.47 Å². The molecule has 0 aromatic heterocycles. The first-order valence-electron chi connectivity index (χ1n) is 5.66. The number of carbonyl (C=O) groups excluding carboxylic acids is 2. The lowest BCUT2D eigenvalue weighted by molar-refractivity contribution is -0.177. The fourth-order valence-electron chi connectivity index (χ4n) is 1.40. The largest absolute Gasteiger partial charge is 0.421 e. The van der Waals surface area contributed by atoms with E-state index in [1.807, 2.05) is 24.3 Å². The molecule has 0 saturated heterocycles. The van der Waals surface area contributed by atoms with Crippen molar-refractivity contribution in [1.29, 1.82) is 0 Å². The Labute approximate surface area is 120 Å². The molecule has 0 heterocycles. The minimum atomic E-state index is -0.987. The second-order valence-corrected chi connectivity index (χ2v) is 4.91. The Kier molecular flexibility index (Phi) is 5.76. The average molecular weight is 327 g/mol. The Hall–Kier alpha value is -1.62. The van der Waals surface area contributed by atoms with Crippen LogP contribution in [-0.4, -0.2) is 18.2 Å². The number of hydrogen-bond donors (Lipinski definition) is 0. The Morgan fingerprint density at radius 2 is 1.53 bits per heavy atom. The van der Waals surface area contributed by atoms with Crippen LogP contribution in [0.3, 0.4) is 0 Å². The fraction of sp³-hybridized carbons (Fsp3) is 0.286. The molecule has 0 aliphatic carbocycles. The SMILES string of the molecule is CC(=O)OC(OC(C)=O)/C(C)=C/c1ccc(Br)cc1. The summed E-state index contributed by atoms with van der Waals surface area (Å²) in [5, 5.41) is 0. The summed E-state index contributed by atoms with van der Waals surface area (Å²) in [6.07, 6.45) is 0.807. The highest BCUT2D eigenvalue weighted by Gasteiger charge is 2.17. The molecule has 4 nitrogen and oxygen atoms in total. The summed E-state index contributed by atoms with van der Waals surface area (Å²) in [6.45, 7) is 4.27. The van der Waals surface area contributed by atoms with Crippen LogP contribution in [0.2, 0.25) is 0 Å². The summed E-state index contributed by atoms with van der Waals surface area (Å²) >= 11 is 3.35. The number of halogens is 1. The molecule has 1 rings (SSSR count). The number of hydrogen-bond acceptors (Lipinski definition) is 4. The molecule has 0 atom stereocenters. The number of rotatable bonds is 4. The molecule has 102 valence electrons. The summed E-state index contributed by atoms with van der Waals surface area (Å²) in [4.78, 5) is 22.0. The standard InChI is InChI=1S/C14H15BrO4/c1-9(8-12-4-6-13(15)7-5-12)14(18-10(2)16)19-11(3)17/h4-8,14H,1-3H3/b9-8+. The first-order valence-corrected chi connectivity index (χ1v) is 6.46. The number of carbonyl (C=O) groups is 2. The average Bonchev–Trinajstić information content (AvgIpc) is 2.30. The topological polar surface area (TPSA) is 52.6 Å². The first-order chi connectivity index (χ1) is 8.88. The predicted molar refractivity (Wildman–Crippen MR) is 75.1 cm³/mol. The van der Waals surface area contributed by atoms with E-state index in [9.17, 15) is 9.59 Å². The third-order valence-electron chi connectivity index (χ3n) is 2.18. The molecule has 0 fully saturated rings. The second kappa shape index (κ2) is 7.09. The number of benzene rings is 1. The van der Waals surface area contributed by atoms with Gasteiger partial charge in [0.15, 0.2) is 0 Å². The Morgan fingerprint density at radius 1 is 1.05 bits per heavy atom. The summed E-state index contributed by atoms with van der Waals surface area (Å²) in [6, 6.07) is 7.58. The van der Waals surface area contributed by atoms with Crippen LogP contribution in [0.4, 0.5) is 0 Å². The van der Waals surface area contributed by atoms with Crippen molar-refractivity contribution in [1.82, 2.24) is 0 Å². The number of esters is 2. The van der Waals surface area contributed by atoms with E-state index in [1.165, 1.54) is 13.8 Å². The van der Waals surface area contributed by atoms with Gasteiger partial charge in [-0.1, -0.05) is 28.1 Å². The summed E-state index contributed by atoms with van der Waals surface area (Å²) in [5.41, 5.74) is 1.55. The van der Waals surface area contributed by atoms with E-state index < -0.39 is 18.2 Å². The summed E-state index contributed by atoms with van der Waals surface area (Å²) < 4.78 is 10.9. The maximum Gasteiger partial charge on any atom is 0.305 e. The predicted octanol–water partition coefficient (Wildman–Crippen LogP) is 3.30. The maximum absolute atomic E-state index is 11.0. The van der Waals surface area contributed by atoms with Crippen molar-refractivity contribution >= 4 is 33.9 Å². The van der Waals surface area contributed by atoms with Gasteiger partial charge in [0, 0.05) is 23.9 Å². The fourth-order valence-corrected chi connectivity index (χ4v) is 1.67. The van der Waals surface area contributed by atoms with Crippen LogP contribution < -0.4 is 0 Å². The van der Waals surface area contributed by atoms with E-state index in [1.54, 1.807) is 13.0 Å². The van der Waals surface area contributed by atoms with Gasteiger partial charge >= 0.3 is 11.9 Å². The molecule has 0 radical (unpaired) electrons. The first kappa shape index (κ1) is 15.4. The second-order valence-electron chi connectivity index (χ2n) is 3.99. The molecule has 1 aromatic rings. The van der Waals surface area contributed by atoms with Gasteiger partial charge in [-0.15, -0.1) is 0 Å². The highest BCUT2D eigenvalue weighted by Crippen LogP contribution is 2.16. The van der Waals surface area contributed by atoms with Gasteiger partial charge in [0.1, 0.15) is 0 Å². The Balaban J connectivity index is 2.90. The van der Waals surface area contributed by atoms with Gasteiger partial charge in [-0.2, -0.15) is 0 Å². The van der Waals surface area contributed by atoms with Gasteiger partial charge in [-0.05, 0) is 30.7 Å². The van der Waals surface area contributed by atoms with Crippen LogP contribution in [0.15, 0.2) is 34.3 Å². The van der Waals surface area contributed by atoms with Crippen molar-refractivity contribution in [3.63, 3.8) is 0 Å². The van der Waals surface area contributed by atoms with Crippen LogP contribution >= 0.6 is 15.9 Å². The smallest absolute Gasteiger partial charge is 0.305 e. The summed E-state index contributed by atoms with van der Waals surface area (Å²) in [5.74, 6) is -1.01. The van der Waals surface area contributed by atoms with Gasteiger partial charge in [0.2, 0.25) is 0 Å². The van der Waals surface area contributed by atoms with Crippen LogP contribution in [0.1, 0.15) is 26.3 Å². The minimum absolute atomic E-state index is 0.505. The Morgan fingerprint density at radius 3 is 1.95 bits per heavy atom. The third kappa shape index (κ3) is 5.70. The van der Waals surface area contributed by atoms with Crippen molar-refractivity contribution in [3.05, 3.63) is 39.9 Å². The lowest BCUT2D eigenvalue weighted by Gasteiger charge is -2.17. The van der Waals surface area contributed by atoms with Gasteiger partial charge in [-0.25, -0.2) is 0 Å². The normalized spacial score (nSPS) is 11.3. The van der Waals surface area contributed by atoms with Crippen LogP contribution in [0.5, 0.6) is 0 Å². The maximum atomic E-state index is 11.0. The number of ether oxygens (including phenoxy) is 2. The highest BCUT2D eigenvalue weighted by molar-refractivity contribution is 9.10. The lowest BCUT2D eigenvalue weighted by atomic mass is 10.1. The van der Waals surface area contributed by atoms with Gasteiger partial charge < -0.3 is 9.47 Å². The molecule has 0 spiro atoms. The Bertz CT molecular complexity index is 475. The van der Waals surface area contributed by atoms with E-state index in [0.717, 1.165) is 10.0 Å². The zero-order valence-corrected chi connectivity index (χ0v) is 12.6. The zero-order valence-electron chi connectivity index (χ0n) is 11.0. The molecular formula is C14H15BrO4. The quantitative estimate of drug-likeness (QED) is 0.629. The van der Waals surface area contributed by atoms with Crippen molar-refractivity contribution < 1.29 is 19.1 Å². The molecular weight excluding hydrogens is 312 g/mol. The van der Waals surface area contributed by atoms with Crippen molar-refractivity contribution in [2.24, 2.45) is 0 Å². The minimum Gasteiger partial charge on any atom is -0.421 e. The van der Waals surface area contributed by atoms with Gasteiger partial charge in [0.05, 0.1) is 0 Å². The monoisotopic (exact) mass is 326 g/mol. The molecule has 0 N–H and O–H groups in total. The zero-order chi connectivity index (χ0) is 14.4.